The third-order valence-electron chi connectivity index (χ3n) is 4.05. The second kappa shape index (κ2) is 5.83. The van der Waals surface area contributed by atoms with E-state index in [9.17, 15) is 8.42 Å². The van der Waals surface area contributed by atoms with Crippen molar-refractivity contribution in [3.05, 3.63) is 11.8 Å². The molecule has 1 aromatic heterocycles. The summed E-state index contributed by atoms with van der Waals surface area (Å²) in [6.45, 7) is 6.42. The Morgan fingerprint density at radius 2 is 2.05 bits per heavy atom. The second-order valence-electron chi connectivity index (χ2n) is 5.75. The molecule has 20 heavy (non-hydrogen) atoms. The molecule has 1 saturated carbocycles. The van der Waals surface area contributed by atoms with Crippen molar-refractivity contribution < 1.29 is 8.42 Å². The molecule has 0 bridgehead atoms. The molecule has 1 fully saturated rings. The summed E-state index contributed by atoms with van der Waals surface area (Å²) in [6.07, 6.45) is 5.40. The van der Waals surface area contributed by atoms with Gasteiger partial charge in [0, 0.05) is 23.7 Å². The lowest BCUT2D eigenvalue weighted by Crippen LogP contribution is -2.45. The Labute approximate surface area is 120 Å². The first-order valence-corrected chi connectivity index (χ1v) is 8.68. The molecule has 0 saturated heterocycles. The van der Waals surface area contributed by atoms with Crippen molar-refractivity contribution in [2.24, 2.45) is 0 Å². The van der Waals surface area contributed by atoms with Gasteiger partial charge in [0.25, 0.3) is 10.0 Å². The average Bonchev–Trinajstić information content (AvgIpc) is 3.11. The average molecular weight is 300 g/mol. The Hall–Kier alpha value is -0.920. The molecule has 6 nitrogen and oxygen atoms in total. The van der Waals surface area contributed by atoms with Crippen LogP contribution in [0.2, 0.25) is 0 Å². The van der Waals surface area contributed by atoms with E-state index in [2.05, 4.69) is 20.2 Å². The van der Waals surface area contributed by atoms with Gasteiger partial charge < -0.3 is 5.32 Å². The Bertz CT molecular complexity index is 544. The van der Waals surface area contributed by atoms with Crippen molar-refractivity contribution in [3.63, 3.8) is 0 Å². The first-order chi connectivity index (χ1) is 9.40. The number of hydrogen-bond acceptors (Lipinski definition) is 4. The highest BCUT2D eigenvalue weighted by atomic mass is 32.2. The number of rotatable bonds is 8. The first-order valence-electron chi connectivity index (χ1n) is 7.20. The fourth-order valence-corrected chi connectivity index (χ4v) is 3.65. The zero-order chi connectivity index (χ0) is 14.8. The topological polar surface area (TPSA) is 86.9 Å². The van der Waals surface area contributed by atoms with Crippen LogP contribution in [-0.2, 0) is 16.6 Å². The van der Waals surface area contributed by atoms with Crippen molar-refractivity contribution in [2.75, 3.05) is 0 Å². The number of aromatic amines is 1. The maximum Gasteiger partial charge on any atom is 0.258 e. The third kappa shape index (κ3) is 3.59. The van der Waals surface area contributed by atoms with E-state index in [1.165, 1.54) is 12.8 Å². The lowest BCUT2D eigenvalue weighted by molar-refractivity contribution is 0.388. The normalized spacial score (nSPS) is 16.6. The summed E-state index contributed by atoms with van der Waals surface area (Å²) >= 11 is 0. The molecular formula is C13H24N4O2S. The summed E-state index contributed by atoms with van der Waals surface area (Å²) in [5.74, 6) is 0. The van der Waals surface area contributed by atoms with Crippen LogP contribution in [0, 0.1) is 0 Å². The van der Waals surface area contributed by atoms with Gasteiger partial charge in [0.1, 0.15) is 0 Å². The molecule has 7 heteroatoms. The molecule has 2 rings (SSSR count). The Kier molecular flexibility index (Phi) is 4.51. The van der Waals surface area contributed by atoms with E-state index in [4.69, 9.17) is 0 Å². The van der Waals surface area contributed by atoms with Crippen LogP contribution in [0.5, 0.6) is 0 Å². The summed E-state index contributed by atoms with van der Waals surface area (Å²) in [7, 11) is -3.57. The Morgan fingerprint density at radius 3 is 2.60 bits per heavy atom. The van der Waals surface area contributed by atoms with Gasteiger partial charge >= 0.3 is 0 Å². The second-order valence-corrected chi connectivity index (χ2v) is 7.37. The van der Waals surface area contributed by atoms with Crippen LogP contribution < -0.4 is 10.0 Å². The van der Waals surface area contributed by atoms with Gasteiger partial charge in [-0.05, 0) is 32.6 Å². The SMILES string of the molecule is CCC(C)(CC)NS(=O)(=O)c1[nH]ncc1CNC1CC1. The number of aromatic nitrogens is 2. The van der Waals surface area contributed by atoms with Crippen LogP contribution in [-0.4, -0.2) is 30.2 Å². The van der Waals surface area contributed by atoms with Crippen LogP contribution in [0.1, 0.15) is 52.0 Å². The molecule has 0 radical (unpaired) electrons. The molecule has 0 aliphatic heterocycles. The summed E-state index contributed by atoms with van der Waals surface area (Å²) in [6, 6.07) is 0.532. The molecule has 114 valence electrons. The number of nitrogens with one attached hydrogen (secondary N) is 3. The van der Waals surface area contributed by atoms with Crippen LogP contribution in [0.3, 0.4) is 0 Å². The van der Waals surface area contributed by atoms with Crippen molar-refractivity contribution in [1.29, 1.82) is 0 Å². The minimum Gasteiger partial charge on any atom is -0.310 e. The number of H-pyrrole nitrogens is 1. The number of sulfonamides is 1. The summed E-state index contributed by atoms with van der Waals surface area (Å²) in [5, 5.41) is 9.99. The van der Waals surface area contributed by atoms with Crippen molar-refractivity contribution in [3.8, 4) is 0 Å². The molecule has 0 aromatic carbocycles. The van der Waals surface area contributed by atoms with Crippen LogP contribution in [0.4, 0.5) is 0 Å². The maximum absolute atomic E-state index is 12.5. The largest absolute Gasteiger partial charge is 0.310 e. The fraction of sp³-hybridized carbons (Fsp3) is 0.769. The minimum atomic E-state index is -3.57. The van der Waals surface area contributed by atoms with Gasteiger partial charge in [-0.15, -0.1) is 0 Å². The van der Waals surface area contributed by atoms with Gasteiger partial charge in [0.15, 0.2) is 5.03 Å². The molecule has 1 aromatic rings. The smallest absolute Gasteiger partial charge is 0.258 e. The molecule has 1 aliphatic rings. The molecule has 0 atom stereocenters. The molecule has 1 aliphatic carbocycles. The summed E-state index contributed by atoms with van der Waals surface area (Å²) in [5.41, 5.74) is 0.268. The van der Waals surface area contributed by atoms with E-state index in [0.29, 0.717) is 18.2 Å². The summed E-state index contributed by atoms with van der Waals surface area (Å²) < 4.78 is 27.8. The summed E-state index contributed by atoms with van der Waals surface area (Å²) in [4.78, 5) is 0. The quantitative estimate of drug-likeness (QED) is 0.679. The van der Waals surface area contributed by atoms with Gasteiger partial charge in [-0.25, -0.2) is 13.1 Å². The van der Waals surface area contributed by atoms with Crippen molar-refractivity contribution in [2.45, 2.75) is 69.6 Å². The molecule has 3 N–H and O–H groups in total. The number of nitrogens with zero attached hydrogens (tertiary/aromatic N) is 1. The predicted molar refractivity (Wildman–Crippen MR) is 77.8 cm³/mol. The van der Waals surface area contributed by atoms with Crippen LogP contribution >= 0.6 is 0 Å². The highest BCUT2D eigenvalue weighted by Crippen LogP contribution is 2.22. The van der Waals surface area contributed by atoms with Gasteiger partial charge in [-0.1, -0.05) is 13.8 Å². The fourth-order valence-electron chi connectivity index (χ4n) is 1.97. The molecule has 1 heterocycles. The Balaban J connectivity index is 2.14. The van der Waals surface area contributed by atoms with Gasteiger partial charge in [0.05, 0.1) is 6.20 Å². The van der Waals surface area contributed by atoms with E-state index in [-0.39, 0.29) is 5.03 Å². The van der Waals surface area contributed by atoms with Crippen LogP contribution in [0.15, 0.2) is 11.2 Å². The molecule has 0 spiro atoms. The molecular weight excluding hydrogens is 276 g/mol. The predicted octanol–water partition coefficient (Wildman–Crippen LogP) is 1.52. The Morgan fingerprint density at radius 1 is 1.40 bits per heavy atom. The van der Waals surface area contributed by atoms with E-state index in [1.54, 1.807) is 6.20 Å². The zero-order valence-corrected chi connectivity index (χ0v) is 13.2. The monoisotopic (exact) mass is 300 g/mol. The standard InChI is InChI=1S/C13H24N4O2S/c1-4-13(3,5-2)17-20(18,19)12-10(9-15-16-12)8-14-11-6-7-11/h9,11,14,17H,4-8H2,1-3H3,(H,15,16). The van der Waals surface area contributed by atoms with Gasteiger partial charge in [0.2, 0.25) is 0 Å². The lowest BCUT2D eigenvalue weighted by atomic mass is 9.98. The van der Waals surface area contributed by atoms with Gasteiger partial charge in [-0.2, -0.15) is 5.10 Å². The highest BCUT2D eigenvalue weighted by Gasteiger charge is 2.30. The van der Waals surface area contributed by atoms with Crippen molar-refractivity contribution in [1.82, 2.24) is 20.2 Å². The zero-order valence-electron chi connectivity index (χ0n) is 12.4. The highest BCUT2D eigenvalue weighted by molar-refractivity contribution is 7.89. The van der Waals surface area contributed by atoms with Crippen LogP contribution in [0.25, 0.3) is 0 Å². The maximum atomic E-state index is 12.5. The number of hydrogen-bond donors (Lipinski definition) is 3. The van der Waals surface area contributed by atoms with E-state index >= 15 is 0 Å². The van der Waals surface area contributed by atoms with Gasteiger partial charge in [-0.3, -0.25) is 5.10 Å². The minimum absolute atomic E-state index is 0.179. The molecule has 0 amide bonds. The third-order valence-corrected chi connectivity index (χ3v) is 5.70. The van der Waals surface area contributed by atoms with E-state index in [1.807, 2.05) is 20.8 Å². The molecule has 0 unspecified atom stereocenters. The van der Waals surface area contributed by atoms with E-state index < -0.39 is 15.6 Å². The first kappa shape index (κ1) is 15.5. The van der Waals surface area contributed by atoms with E-state index in [0.717, 1.165) is 12.8 Å². The van der Waals surface area contributed by atoms with Crippen molar-refractivity contribution >= 4 is 10.0 Å². The lowest BCUT2D eigenvalue weighted by Gasteiger charge is -2.27.